The van der Waals surface area contributed by atoms with E-state index in [1.54, 1.807) is 11.3 Å². The molecular formula is C18H28IN5S. The highest BCUT2D eigenvalue weighted by Gasteiger charge is 2.05. The van der Waals surface area contributed by atoms with Gasteiger partial charge in [-0.25, -0.2) is 9.98 Å². The summed E-state index contributed by atoms with van der Waals surface area (Å²) in [5.41, 5.74) is 3.66. The van der Waals surface area contributed by atoms with E-state index in [0.29, 0.717) is 13.1 Å². The molecule has 0 aliphatic carbocycles. The largest absolute Gasteiger partial charge is 0.357 e. The summed E-state index contributed by atoms with van der Waals surface area (Å²) in [6.07, 6.45) is 1.03. The standard InChI is InChI=1S/C18H27N5S.HI/c1-5-14-9-7-8-10-15(14)11-20-17(19-6-2)21-12-16-13-24-18(22-16)23(3)4;/h7-10,13H,5-6,11-12H2,1-4H3,(H2,19,20,21);1H. The molecule has 2 aromatic rings. The fourth-order valence-electron chi connectivity index (χ4n) is 2.32. The Morgan fingerprint density at radius 2 is 1.88 bits per heavy atom. The molecule has 2 rings (SSSR count). The molecule has 0 saturated heterocycles. The molecule has 0 fully saturated rings. The van der Waals surface area contributed by atoms with E-state index < -0.39 is 0 Å². The first-order valence-electron chi connectivity index (χ1n) is 8.34. The van der Waals surface area contributed by atoms with Gasteiger partial charge in [-0.2, -0.15) is 0 Å². The fourth-order valence-corrected chi connectivity index (χ4v) is 3.08. The molecule has 5 nitrogen and oxygen atoms in total. The van der Waals surface area contributed by atoms with Gasteiger partial charge in [0.05, 0.1) is 18.8 Å². The zero-order chi connectivity index (χ0) is 17.4. The van der Waals surface area contributed by atoms with Crippen LogP contribution < -0.4 is 15.5 Å². The lowest BCUT2D eigenvalue weighted by Crippen LogP contribution is -2.36. The molecule has 0 atom stereocenters. The molecule has 0 saturated carbocycles. The Morgan fingerprint density at radius 1 is 1.16 bits per heavy atom. The number of hydrogen-bond donors (Lipinski definition) is 2. The normalized spacial score (nSPS) is 11.0. The monoisotopic (exact) mass is 473 g/mol. The average molecular weight is 473 g/mol. The maximum atomic E-state index is 4.71. The summed E-state index contributed by atoms with van der Waals surface area (Å²) in [6, 6.07) is 8.47. The molecule has 138 valence electrons. The molecule has 0 bridgehead atoms. The van der Waals surface area contributed by atoms with Crippen LogP contribution in [0.4, 0.5) is 5.13 Å². The quantitative estimate of drug-likeness (QED) is 0.366. The van der Waals surface area contributed by atoms with Crippen LogP contribution in [0.15, 0.2) is 34.6 Å². The first kappa shape index (κ1) is 21.7. The van der Waals surface area contributed by atoms with Crippen LogP contribution in [0.1, 0.15) is 30.7 Å². The number of halogens is 1. The molecule has 0 aliphatic rings. The maximum absolute atomic E-state index is 4.71. The van der Waals surface area contributed by atoms with Crippen molar-refractivity contribution in [2.45, 2.75) is 33.4 Å². The highest BCUT2D eigenvalue weighted by atomic mass is 127. The van der Waals surface area contributed by atoms with Gasteiger partial charge in [0.2, 0.25) is 0 Å². The Bertz CT molecular complexity index is 669. The number of nitrogens with zero attached hydrogens (tertiary/aromatic N) is 3. The zero-order valence-electron chi connectivity index (χ0n) is 15.4. The minimum absolute atomic E-state index is 0. The van der Waals surface area contributed by atoms with E-state index >= 15 is 0 Å². The lowest BCUT2D eigenvalue weighted by atomic mass is 10.1. The van der Waals surface area contributed by atoms with Crippen molar-refractivity contribution in [3.8, 4) is 0 Å². The first-order chi connectivity index (χ1) is 11.6. The Morgan fingerprint density at radius 3 is 2.48 bits per heavy atom. The second-order valence-electron chi connectivity index (χ2n) is 5.69. The number of thiazole rings is 1. The van der Waals surface area contributed by atoms with Crippen molar-refractivity contribution in [1.82, 2.24) is 15.6 Å². The third kappa shape index (κ3) is 6.81. The number of aromatic nitrogens is 1. The van der Waals surface area contributed by atoms with Crippen molar-refractivity contribution in [3.05, 3.63) is 46.5 Å². The van der Waals surface area contributed by atoms with Gasteiger partial charge in [0.25, 0.3) is 0 Å². The van der Waals surface area contributed by atoms with Crippen molar-refractivity contribution in [2.24, 2.45) is 4.99 Å². The number of hydrogen-bond acceptors (Lipinski definition) is 4. The van der Waals surface area contributed by atoms with Crippen LogP contribution in [0.3, 0.4) is 0 Å². The predicted octanol–water partition coefficient (Wildman–Crippen LogP) is 3.64. The summed E-state index contributed by atoms with van der Waals surface area (Å²) in [6.45, 7) is 6.44. The summed E-state index contributed by atoms with van der Waals surface area (Å²) >= 11 is 1.65. The number of nitrogens with one attached hydrogen (secondary N) is 2. The van der Waals surface area contributed by atoms with Crippen LogP contribution in [0.25, 0.3) is 0 Å². The van der Waals surface area contributed by atoms with E-state index in [0.717, 1.165) is 29.8 Å². The van der Waals surface area contributed by atoms with Crippen LogP contribution in [0.2, 0.25) is 0 Å². The van der Waals surface area contributed by atoms with Gasteiger partial charge in [-0.15, -0.1) is 35.3 Å². The molecule has 7 heteroatoms. The summed E-state index contributed by atoms with van der Waals surface area (Å²) in [7, 11) is 4.01. The van der Waals surface area contributed by atoms with Crippen LogP contribution in [0.5, 0.6) is 0 Å². The predicted molar refractivity (Wildman–Crippen MR) is 119 cm³/mol. The number of guanidine groups is 1. The van der Waals surface area contributed by atoms with Gasteiger partial charge in [0.15, 0.2) is 11.1 Å². The fraction of sp³-hybridized carbons (Fsp3) is 0.444. The van der Waals surface area contributed by atoms with Gasteiger partial charge < -0.3 is 15.5 Å². The third-order valence-corrected chi connectivity index (χ3v) is 4.67. The molecule has 0 radical (unpaired) electrons. The molecule has 0 aliphatic heterocycles. The van der Waals surface area contributed by atoms with Crippen molar-refractivity contribution in [1.29, 1.82) is 0 Å². The van der Waals surface area contributed by atoms with Crippen LogP contribution in [0, 0.1) is 0 Å². The summed E-state index contributed by atoms with van der Waals surface area (Å²) in [5.74, 6) is 0.822. The number of aliphatic imine (C=N–C) groups is 1. The number of aryl methyl sites for hydroxylation is 1. The van der Waals surface area contributed by atoms with Gasteiger partial charge in [0.1, 0.15) is 0 Å². The zero-order valence-corrected chi connectivity index (χ0v) is 18.5. The highest BCUT2D eigenvalue weighted by molar-refractivity contribution is 14.0. The molecule has 25 heavy (non-hydrogen) atoms. The van der Waals surface area contributed by atoms with Gasteiger partial charge in [-0.3, -0.25) is 0 Å². The number of benzene rings is 1. The van der Waals surface area contributed by atoms with Crippen LogP contribution >= 0.6 is 35.3 Å². The van der Waals surface area contributed by atoms with E-state index in [4.69, 9.17) is 4.99 Å². The van der Waals surface area contributed by atoms with Gasteiger partial charge >= 0.3 is 0 Å². The molecular weight excluding hydrogens is 445 g/mol. The van der Waals surface area contributed by atoms with Crippen molar-refractivity contribution in [2.75, 3.05) is 25.5 Å². The number of anilines is 1. The molecule has 0 spiro atoms. The summed E-state index contributed by atoms with van der Waals surface area (Å²) in [4.78, 5) is 11.3. The molecule has 1 aromatic heterocycles. The smallest absolute Gasteiger partial charge is 0.191 e. The Hall–Kier alpha value is -1.35. The van der Waals surface area contributed by atoms with Crippen molar-refractivity contribution in [3.63, 3.8) is 0 Å². The third-order valence-electron chi connectivity index (χ3n) is 3.61. The van der Waals surface area contributed by atoms with Gasteiger partial charge in [0, 0.05) is 26.0 Å². The van der Waals surface area contributed by atoms with Crippen LogP contribution in [-0.4, -0.2) is 31.6 Å². The lowest BCUT2D eigenvalue weighted by molar-refractivity contribution is 0.801. The Balaban J connectivity index is 0.00000312. The van der Waals surface area contributed by atoms with Gasteiger partial charge in [-0.05, 0) is 24.5 Å². The molecule has 2 N–H and O–H groups in total. The summed E-state index contributed by atoms with van der Waals surface area (Å²) < 4.78 is 0. The molecule has 1 heterocycles. The van der Waals surface area contributed by atoms with E-state index in [-0.39, 0.29) is 24.0 Å². The minimum Gasteiger partial charge on any atom is -0.357 e. The topological polar surface area (TPSA) is 52.6 Å². The van der Waals surface area contributed by atoms with E-state index in [1.165, 1.54) is 11.1 Å². The van der Waals surface area contributed by atoms with Crippen molar-refractivity contribution >= 4 is 46.4 Å². The van der Waals surface area contributed by atoms with E-state index in [1.807, 2.05) is 19.0 Å². The molecule has 1 aromatic carbocycles. The summed E-state index contributed by atoms with van der Waals surface area (Å²) in [5, 5.41) is 9.76. The first-order valence-corrected chi connectivity index (χ1v) is 9.22. The Kier molecular flexibility index (Phi) is 9.81. The van der Waals surface area contributed by atoms with Crippen molar-refractivity contribution < 1.29 is 0 Å². The highest BCUT2D eigenvalue weighted by Crippen LogP contribution is 2.17. The second-order valence-corrected chi connectivity index (χ2v) is 6.52. The SMILES string of the molecule is CCNC(=NCc1ccccc1CC)NCc1csc(N(C)C)n1.I. The molecule has 0 unspecified atom stereocenters. The average Bonchev–Trinajstić information content (AvgIpc) is 3.07. The van der Waals surface area contributed by atoms with E-state index in [2.05, 4.69) is 59.1 Å². The lowest BCUT2D eigenvalue weighted by Gasteiger charge is -2.11. The Labute approximate surface area is 172 Å². The van der Waals surface area contributed by atoms with Crippen LogP contribution in [-0.2, 0) is 19.5 Å². The van der Waals surface area contributed by atoms with E-state index in [9.17, 15) is 0 Å². The minimum atomic E-state index is 0. The second kappa shape index (κ2) is 11.3. The molecule has 0 amide bonds. The maximum Gasteiger partial charge on any atom is 0.191 e. The van der Waals surface area contributed by atoms with Gasteiger partial charge in [-0.1, -0.05) is 31.2 Å². The number of rotatable bonds is 7.